The number of benzene rings is 6. The molecule has 0 saturated heterocycles. The van der Waals surface area contributed by atoms with Crippen molar-refractivity contribution in [1.29, 1.82) is 0 Å². The van der Waals surface area contributed by atoms with Gasteiger partial charge in [0, 0.05) is 43.6 Å². The molecule has 67 heavy (non-hydrogen) atoms. The van der Waals surface area contributed by atoms with Crippen LogP contribution in [0.15, 0.2) is 127 Å². The van der Waals surface area contributed by atoms with Crippen molar-refractivity contribution >= 4 is 11.0 Å². The number of pyridine rings is 1. The Kier molecular flexibility index (Phi) is 12.7. The molecule has 2 aliphatic carbocycles. The van der Waals surface area contributed by atoms with Crippen molar-refractivity contribution in [1.82, 2.24) is 14.5 Å². The predicted molar refractivity (Wildman–Crippen MR) is 277 cm³/mol. The standard InChI is InChI=1S/C62H66N3O.Pt/c1-59(2,3)45-29-32-53(50(36-45)41-17-14-13-15-18-41)65-54-20-16-19-49(56(54)64-58(65)51-37-47(61(7,8)9)38-52(57(51)66)62(10,11)12)43-33-44(35-46(34-43)60(4,5)6)55-42-27-25-39-21-23-40(24-22-39)26-30-48(63-55)31-28-42;/h13-24,28-29,31-32,34-38,66H,25-27,30H2,1-12H3;/q-1;. The fourth-order valence-electron chi connectivity index (χ4n) is 9.40. The van der Waals surface area contributed by atoms with Gasteiger partial charge in [0.15, 0.2) is 0 Å². The van der Waals surface area contributed by atoms with Crippen LogP contribution in [0.25, 0.3) is 61.6 Å². The molecule has 0 radical (unpaired) electrons. The molecule has 8 aromatic rings. The van der Waals surface area contributed by atoms with Gasteiger partial charge in [-0.1, -0.05) is 185 Å². The zero-order chi connectivity index (χ0) is 46.9. The molecule has 5 heteroatoms. The number of para-hydroxylation sites is 1. The molecule has 0 amide bonds. The van der Waals surface area contributed by atoms with Gasteiger partial charge >= 0.3 is 0 Å². The molecule has 2 aliphatic heterocycles. The quantitative estimate of drug-likeness (QED) is 0.175. The third kappa shape index (κ3) is 9.62. The average Bonchev–Trinajstić information content (AvgIpc) is 3.65. The Balaban J connectivity index is 0.00000608. The molecular formula is C62H66N3OPt-. The van der Waals surface area contributed by atoms with Crippen molar-refractivity contribution < 1.29 is 26.2 Å². The second kappa shape index (κ2) is 17.8. The van der Waals surface area contributed by atoms with Gasteiger partial charge in [-0.25, -0.2) is 4.98 Å². The number of rotatable bonds is 5. The van der Waals surface area contributed by atoms with Gasteiger partial charge in [-0.2, -0.15) is 0 Å². The number of hydrogen-bond acceptors (Lipinski definition) is 3. The molecule has 0 saturated carbocycles. The summed E-state index contributed by atoms with van der Waals surface area (Å²) < 4.78 is 2.30. The second-order valence-corrected chi connectivity index (χ2v) is 22.8. The van der Waals surface area contributed by atoms with Gasteiger partial charge in [-0.15, -0.1) is 29.3 Å². The number of fused-ring (bicyclic) bond motifs is 1. The molecule has 0 fully saturated rings. The molecule has 4 bridgehead atoms. The summed E-state index contributed by atoms with van der Waals surface area (Å²) in [7, 11) is 0. The Morgan fingerprint density at radius 2 is 1.12 bits per heavy atom. The summed E-state index contributed by atoms with van der Waals surface area (Å²) in [5.41, 5.74) is 18.5. The number of phenols is 1. The van der Waals surface area contributed by atoms with E-state index >= 15 is 0 Å². The molecule has 12 rings (SSSR count). The SMILES string of the molecule is CC(C)(C)c1cc(-c2nc3ccc2CCc2ccc(cc2)CC3)[c-]c(-c2cccc3c2nc(-c2cc(C(C)(C)C)cc(C(C)(C)C)c2O)n3-c2ccc(C(C)(C)C)cc2-c2ccccc2)c1.[Pt]. The first-order chi connectivity index (χ1) is 31.1. The van der Waals surface area contributed by atoms with E-state index in [-0.39, 0.29) is 48.5 Å². The maximum absolute atomic E-state index is 12.6. The van der Waals surface area contributed by atoms with E-state index in [1.54, 1.807) is 0 Å². The molecule has 4 nitrogen and oxygen atoms in total. The maximum atomic E-state index is 12.6. The third-order valence-corrected chi connectivity index (χ3v) is 13.6. The molecule has 2 aromatic heterocycles. The van der Waals surface area contributed by atoms with Crippen LogP contribution in [0.4, 0.5) is 0 Å². The smallest absolute Gasteiger partial charge is 0.148 e. The van der Waals surface area contributed by atoms with Crippen molar-refractivity contribution in [2.75, 3.05) is 0 Å². The number of hydrogen-bond donors (Lipinski definition) is 1. The molecule has 1 N–H and O–H groups in total. The van der Waals surface area contributed by atoms with Gasteiger partial charge in [-0.05, 0) is 105 Å². The number of phenolic OH excluding ortho intramolecular Hbond substituents is 1. The Bertz CT molecular complexity index is 3110. The van der Waals surface area contributed by atoms with Gasteiger partial charge in [-0.3, -0.25) is 9.55 Å². The number of nitrogens with zero attached hydrogens (tertiary/aromatic N) is 3. The summed E-state index contributed by atoms with van der Waals surface area (Å²) >= 11 is 0. The zero-order valence-corrected chi connectivity index (χ0v) is 43.8. The molecule has 4 aliphatic rings. The number of aromatic hydroxyl groups is 1. The second-order valence-electron chi connectivity index (χ2n) is 22.8. The van der Waals surface area contributed by atoms with E-state index in [0.717, 1.165) is 98.3 Å². The Morgan fingerprint density at radius 1 is 0.507 bits per heavy atom. The Labute approximate surface area is 414 Å². The third-order valence-electron chi connectivity index (χ3n) is 13.6. The summed E-state index contributed by atoms with van der Waals surface area (Å²) in [6, 6.07) is 50.7. The fraction of sp³-hybridized carbons (Fsp3) is 0.323. The predicted octanol–water partition coefficient (Wildman–Crippen LogP) is 15.7. The van der Waals surface area contributed by atoms with E-state index < -0.39 is 0 Å². The molecule has 0 unspecified atom stereocenters. The summed E-state index contributed by atoms with van der Waals surface area (Å²) in [5.74, 6) is 0.962. The normalized spacial score (nSPS) is 13.4. The molecule has 6 aromatic carbocycles. The van der Waals surface area contributed by atoms with E-state index in [9.17, 15) is 5.11 Å². The minimum absolute atomic E-state index is 0. The van der Waals surface area contributed by atoms with Crippen LogP contribution in [-0.4, -0.2) is 19.6 Å². The first kappa shape index (κ1) is 47.9. The van der Waals surface area contributed by atoms with Crippen molar-refractivity contribution in [2.45, 2.75) is 130 Å². The Hall–Kier alpha value is -5.57. The minimum atomic E-state index is -0.323. The first-order valence-corrected chi connectivity index (χ1v) is 23.9. The number of aryl methyl sites for hydroxylation is 4. The van der Waals surface area contributed by atoms with E-state index in [2.05, 4.69) is 221 Å². The van der Waals surface area contributed by atoms with Crippen molar-refractivity contribution in [3.63, 3.8) is 0 Å². The summed E-state index contributed by atoms with van der Waals surface area (Å²) in [5, 5.41) is 12.6. The largest absolute Gasteiger partial charge is 0.507 e. The summed E-state index contributed by atoms with van der Waals surface area (Å²) in [6.45, 7) is 26.9. The van der Waals surface area contributed by atoms with Crippen LogP contribution in [-0.2, 0) is 68.4 Å². The molecule has 346 valence electrons. The van der Waals surface area contributed by atoms with Crippen LogP contribution >= 0.6 is 0 Å². The fourth-order valence-corrected chi connectivity index (χ4v) is 9.40. The maximum Gasteiger partial charge on any atom is 0.148 e. The number of imidazole rings is 1. The average molecular weight is 1060 g/mol. The van der Waals surface area contributed by atoms with Crippen LogP contribution in [0.3, 0.4) is 0 Å². The Morgan fingerprint density at radius 3 is 1.76 bits per heavy atom. The molecular weight excluding hydrogens is 998 g/mol. The van der Waals surface area contributed by atoms with Crippen LogP contribution < -0.4 is 0 Å². The van der Waals surface area contributed by atoms with Crippen LogP contribution in [0, 0.1) is 6.07 Å². The van der Waals surface area contributed by atoms with E-state index in [1.807, 2.05) is 0 Å². The van der Waals surface area contributed by atoms with Crippen LogP contribution in [0.5, 0.6) is 5.75 Å². The zero-order valence-electron chi connectivity index (χ0n) is 41.6. The van der Waals surface area contributed by atoms with E-state index in [1.165, 1.54) is 27.8 Å². The topological polar surface area (TPSA) is 50.9 Å². The summed E-state index contributed by atoms with van der Waals surface area (Å²) in [4.78, 5) is 11.2. The van der Waals surface area contributed by atoms with Crippen LogP contribution in [0.1, 0.15) is 128 Å². The van der Waals surface area contributed by atoms with Gasteiger partial charge in [0.05, 0.1) is 22.3 Å². The van der Waals surface area contributed by atoms with Crippen molar-refractivity contribution in [3.8, 4) is 56.3 Å². The molecule has 0 atom stereocenters. The van der Waals surface area contributed by atoms with Gasteiger partial charge in [0.25, 0.3) is 0 Å². The van der Waals surface area contributed by atoms with Crippen molar-refractivity contribution in [3.05, 3.63) is 178 Å². The van der Waals surface area contributed by atoms with Gasteiger partial charge in [0.1, 0.15) is 11.6 Å². The summed E-state index contributed by atoms with van der Waals surface area (Å²) in [6.07, 6.45) is 3.66. The number of aromatic nitrogens is 3. The molecule has 0 spiro atoms. The van der Waals surface area contributed by atoms with E-state index in [0.29, 0.717) is 5.82 Å². The molecule has 4 heterocycles. The monoisotopic (exact) mass is 1060 g/mol. The minimum Gasteiger partial charge on any atom is -0.507 e. The van der Waals surface area contributed by atoms with E-state index in [4.69, 9.17) is 9.97 Å². The van der Waals surface area contributed by atoms with Crippen LogP contribution in [0.2, 0.25) is 0 Å². The van der Waals surface area contributed by atoms with Crippen molar-refractivity contribution in [2.24, 2.45) is 0 Å². The first-order valence-electron chi connectivity index (χ1n) is 23.9. The van der Waals surface area contributed by atoms with Gasteiger partial charge < -0.3 is 5.11 Å². The van der Waals surface area contributed by atoms with Gasteiger partial charge in [0.2, 0.25) is 0 Å².